The minimum absolute atomic E-state index is 0. The van der Waals surface area contributed by atoms with E-state index in [0.717, 1.165) is 32.9 Å². The summed E-state index contributed by atoms with van der Waals surface area (Å²) in [4.78, 5) is 8.69. The summed E-state index contributed by atoms with van der Waals surface area (Å²) < 4.78 is 0. The first kappa shape index (κ1) is 24.6. The predicted molar refractivity (Wildman–Crippen MR) is 124 cm³/mol. The molecule has 5 aromatic rings. The van der Waals surface area contributed by atoms with Crippen LogP contribution in [0.3, 0.4) is 0 Å². The molecule has 0 aliphatic rings. The summed E-state index contributed by atoms with van der Waals surface area (Å²) >= 11 is 0. The molecule has 0 bridgehead atoms. The summed E-state index contributed by atoms with van der Waals surface area (Å²) in [5, 5.41) is 22.3. The first-order chi connectivity index (χ1) is 15.2. The van der Waals surface area contributed by atoms with E-state index in [1.807, 2.05) is 72.8 Å². The molecule has 0 saturated heterocycles. The van der Waals surface area contributed by atoms with Gasteiger partial charge in [0.25, 0.3) is 0 Å². The minimum Gasteiger partial charge on any atom is -0.388 e. The van der Waals surface area contributed by atoms with E-state index in [4.69, 9.17) is 0 Å². The molecular weight excluding hydrogens is 536 g/mol. The molecule has 2 aromatic heterocycles. The van der Waals surface area contributed by atoms with Gasteiger partial charge >= 0.3 is 0 Å². The van der Waals surface area contributed by atoms with Crippen molar-refractivity contribution < 1.29 is 59.6 Å². The number of aliphatic hydroxyl groups is 2. The van der Waals surface area contributed by atoms with Crippen molar-refractivity contribution in [1.82, 2.24) is 9.97 Å². The van der Waals surface area contributed by atoms with Crippen LogP contribution in [-0.4, -0.2) is 20.2 Å². The largest absolute Gasteiger partial charge is 0.388 e. The molecule has 0 fully saturated rings. The zero-order valence-corrected chi connectivity index (χ0v) is 19.8. The maximum Gasteiger partial charge on any atom is 0.0964 e. The quantitative estimate of drug-likeness (QED) is 0.280. The molecule has 2 atom stereocenters. The van der Waals surface area contributed by atoms with Crippen LogP contribution in [0.15, 0.2) is 109 Å². The summed E-state index contributed by atoms with van der Waals surface area (Å²) in [7, 11) is 0. The van der Waals surface area contributed by atoms with Gasteiger partial charge in [0, 0.05) is 79.0 Å². The monoisotopic (exact) mass is 561 g/mol. The number of fused-ring (bicyclic) bond motifs is 3. The van der Waals surface area contributed by atoms with Crippen molar-refractivity contribution in [3.8, 4) is 0 Å². The summed E-state index contributed by atoms with van der Waals surface area (Å²) in [6.45, 7) is 0. The van der Waals surface area contributed by atoms with Gasteiger partial charge in [0.15, 0.2) is 0 Å². The van der Waals surface area contributed by atoms with E-state index in [2.05, 4.69) is 34.2 Å². The fraction of sp³-hybridized carbons (Fsp3) is 0.111. The first-order valence-electron chi connectivity index (χ1n) is 10.3. The zero-order valence-electron chi connectivity index (χ0n) is 17.4. The number of hydrogen-bond acceptors (Lipinski definition) is 4. The van der Waals surface area contributed by atoms with Crippen molar-refractivity contribution in [3.05, 3.63) is 121 Å². The molecule has 4 nitrogen and oxygen atoms in total. The van der Waals surface area contributed by atoms with Crippen molar-refractivity contribution >= 4 is 21.8 Å². The van der Waals surface area contributed by atoms with Gasteiger partial charge in [-0.1, -0.05) is 84.9 Å². The minimum atomic E-state index is -0.633. The van der Waals surface area contributed by atoms with Gasteiger partial charge in [-0.2, -0.15) is 0 Å². The van der Waals surface area contributed by atoms with E-state index in [1.165, 1.54) is 0 Å². The van der Waals surface area contributed by atoms with E-state index in [-0.39, 0.29) is 49.4 Å². The number of aromatic nitrogens is 2. The number of pyridine rings is 2. The Bertz CT molecular complexity index is 1150. The molecule has 0 aliphatic carbocycles. The first-order valence-corrected chi connectivity index (χ1v) is 10.3. The van der Waals surface area contributed by atoms with Gasteiger partial charge in [0.1, 0.15) is 0 Å². The molecule has 1 radical (unpaired) electrons. The molecule has 2 N–H and O–H groups in total. The van der Waals surface area contributed by atoms with E-state index in [1.54, 1.807) is 12.4 Å². The second-order valence-electron chi connectivity index (χ2n) is 7.30. The van der Waals surface area contributed by atoms with Crippen LogP contribution in [0.5, 0.6) is 0 Å². The molecule has 5 rings (SSSR count). The Hall–Kier alpha value is -2.02. The van der Waals surface area contributed by atoms with Gasteiger partial charge < -0.3 is 10.2 Å². The Labute approximate surface area is 228 Å². The van der Waals surface area contributed by atoms with Crippen LogP contribution in [0.2, 0.25) is 0 Å². The Morgan fingerprint density at radius 1 is 0.531 bits per heavy atom. The molecule has 3 aromatic carbocycles. The Balaban J connectivity index is 0.000000178. The Kier molecular flexibility index (Phi) is 9.45. The van der Waals surface area contributed by atoms with E-state index >= 15 is 0 Å². The van der Waals surface area contributed by atoms with Crippen LogP contribution < -0.4 is 0 Å². The Morgan fingerprint density at radius 3 is 1.34 bits per heavy atom. The van der Waals surface area contributed by atoms with Crippen molar-refractivity contribution in [3.63, 3.8) is 0 Å². The van der Waals surface area contributed by atoms with E-state index < -0.39 is 12.2 Å². The van der Waals surface area contributed by atoms with Crippen LogP contribution >= 0.6 is 0 Å². The normalized spacial score (nSPS) is 12.3. The number of nitrogens with zero attached hydrogens (tertiary/aromatic N) is 2. The topological polar surface area (TPSA) is 66.2 Å². The molecule has 0 saturated carbocycles. The van der Waals surface area contributed by atoms with Crippen molar-refractivity contribution in [2.45, 2.75) is 18.6 Å². The molecule has 0 aliphatic heterocycles. The van der Waals surface area contributed by atoms with Gasteiger partial charge in [0.05, 0.1) is 23.2 Å². The molecule has 161 valence electrons. The van der Waals surface area contributed by atoms with Gasteiger partial charge in [0.2, 0.25) is 0 Å². The average molecular weight is 560 g/mol. The fourth-order valence-electron chi connectivity index (χ4n) is 3.51. The van der Waals surface area contributed by atoms with Crippen LogP contribution in [0.4, 0.5) is 0 Å². The fourth-order valence-corrected chi connectivity index (χ4v) is 3.51. The molecule has 0 spiro atoms. The summed E-state index contributed by atoms with van der Waals surface area (Å²) in [5.74, 6) is 0. The third-order valence-electron chi connectivity index (χ3n) is 5.16. The maximum absolute atomic E-state index is 9.99. The third kappa shape index (κ3) is 6.28. The maximum atomic E-state index is 9.99. The summed E-state index contributed by atoms with van der Waals surface area (Å²) in [5.41, 5.74) is 3.63. The molecule has 2 unspecified atom stereocenters. The van der Waals surface area contributed by atoms with E-state index in [0.29, 0.717) is 6.42 Å². The van der Waals surface area contributed by atoms with Crippen molar-refractivity contribution in [2.75, 3.05) is 0 Å². The molecule has 5 heteroatoms. The van der Waals surface area contributed by atoms with Gasteiger partial charge in [-0.3, -0.25) is 9.97 Å². The molecule has 32 heavy (non-hydrogen) atoms. The van der Waals surface area contributed by atoms with Crippen molar-refractivity contribution in [2.24, 2.45) is 0 Å². The van der Waals surface area contributed by atoms with Crippen LogP contribution in [0.25, 0.3) is 21.8 Å². The number of rotatable bonds is 4. The summed E-state index contributed by atoms with van der Waals surface area (Å²) in [6.07, 6.45) is 2.65. The van der Waals surface area contributed by atoms with Crippen LogP contribution in [-0.2, 0) is 0 Å². The number of aliphatic hydroxyl groups excluding tert-OH is 2. The zero-order chi connectivity index (χ0) is 21.5. The molecule has 0 amide bonds. The predicted octanol–water partition coefficient (Wildman–Crippen LogP) is 5.63. The van der Waals surface area contributed by atoms with Gasteiger partial charge in [-0.25, -0.2) is 0 Å². The average Bonchev–Trinajstić information content (AvgIpc) is 2.85. The Morgan fingerprint density at radius 2 is 0.938 bits per heavy atom. The van der Waals surface area contributed by atoms with Gasteiger partial charge in [-0.05, 0) is 23.3 Å². The van der Waals surface area contributed by atoms with Crippen LogP contribution in [0, 0.1) is 49.4 Å². The SMILES string of the molecule is OC(CC(O)c1ccccc1)c1ccccc1.[Eu].c1cnc2c(c1)ccc1cccnc12. The standard InChI is InChI=1S/C15H16O2.C12H8N2.Eu/c16-14(12-7-3-1-4-8-12)11-15(17)13-9-5-2-6-10-13;1-3-9-5-6-10-4-2-8-14-12(10)11(9)13-7-1;/h1-10,14-17H,11H2;1-8H;. The molecular formula is C27H24EuN2O2. The summed E-state index contributed by atoms with van der Waals surface area (Å²) in [6, 6.07) is 30.9. The smallest absolute Gasteiger partial charge is 0.0964 e. The van der Waals surface area contributed by atoms with Gasteiger partial charge in [-0.15, -0.1) is 0 Å². The third-order valence-corrected chi connectivity index (χ3v) is 5.16. The second-order valence-corrected chi connectivity index (χ2v) is 7.30. The second kappa shape index (κ2) is 12.3. The number of benzene rings is 3. The van der Waals surface area contributed by atoms with Crippen molar-refractivity contribution in [1.29, 1.82) is 0 Å². The number of hydrogen-bond donors (Lipinski definition) is 2. The molecule has 2 heterocycles. The van der Waals surface area contributed by atoms with E-state index in [9.17, 15) is 10.2 Å². The van der Waals surface area contributed by atoms with Crippen LogP contribution in [0.1, 0.15) is 29.8 Å².